The van der Waals surface area contributed by atoms with Crippen LogP contribution in [0.5, 0.6) is 0 Å². The smallest absolute Gasteiger partial charge is 0.0320 e. The molecule has 2 heteroatoms. The molecule has 0 amide bonds. The summed E-state index contributed by atoms with van der Waals surface area (Å²) in [7, 11) is 0. The predicted octanol–water partition coefficient (Wildman–Crippen LogP) is 3.61. The third-order valence-electron chi connectivity index (χ3n) is 2.90. The van der Waals surface area contributed by atoms with Crippen LogP contribution < -0.4 is 5.32 Å². The van der Waals surface area contributed by atoms with Crippen molar-refractivity contribution in [2.75, 3.05) is 12.3 Å². The van der Waals surface area contributed by atoms with Gasteiger partial charge in [-0.25, -0.2) is 0 Å². The molecule has 1 N–H and O–H groups in total. The van der Waals surface area contributed by atoms with Crippen LogP contribution in [0, 0.1) is 0 Å². The third kappa shape index (κ3) is 2.99. The lowest BCUT2D eigenvalue weighted by atomic mass is 9.98. The molecular formula is C13H19NS. The predicted molar refractivity (Wildman–Crippen MR) is 67.4 cm³/mol. The maximum absolute atomic E-state index is 3.58. The summed E-state index contributed by atoms with van der Waals surface area (Å²) < 4.78 is 0. The number of piperidine rings is 1. The van der Waals surface area contributed by atoms with Gasteiger partial charge in [-0.15, -0.1) is 11.8 Å². The lowest BCUT2D eigenvalue weighted by Gasteiger charge is -2.23. The molecule has 1 aliphatic heterocycles. The first-order valence-electron chi connectivity index (χ1n) is 5.86. The van der Waals surface area contributed by atoms with Gasteiger partial charge in [-0.05, 0) is 42.8 Å². The van der Waals surface area contributed by atoms with Crippen molar-refractivity contribution in [2.45, 2.75) is 37.1 Å². The fraction of sp³-hybridized carbons (Fsp3) is 0.538. The molecule has 1 atom stereocenters. The first kappa shape index (κ1) is 11.0. The Bertz CT molecular complexity index is 288. The van der Waals surface area contributed by atoms with Crippen molar-refractivity contribution < 1.29 is 0 Å². The van der Waals surface area contributed by atoms with Gasteiger partial charge in [0.05, 0.1) is 0 Å². The lowest BCUT2D eigenvalue weighted by Crippen LogP contribution is -2.26. The molecule has 1 aromatic carbocycles. The standard InChI is InChI=1S/C13H19NS/c1-2-15-12-8-6-11(7-9-12)13-5-3-4-10-14-13/h6-9,13-14H,2-5,10H2,1H3. The Kier molecular flexibility index (Phi) is 4.09. The molecule has 0 saturated carbocycles. The van der Waals surface area contributed by atoms with Crippen molar-refractivity contribution in [3.63, 3.8) is 0 Å². The molecule has 0 aromatic heterocycles. The van der Waals surface area contributed by atoms with Crippen molar-refractivity contribution in [1.29, 1.82) is 0 Å². The van der Waals surface area contributed by atoms with Gasteiger partial charge in [0.15, 0.2) is 0 Å². The topological polar surface area (TPSA) is 12.0 Å². The second-order valence-corrected chi connectivity index (χ2v) is 5.34. The second-order valence-electron chi connectivity index (χ2n) is 4.00. The van der Waals surface area contributed by atoms with E-state index in [1.165, 1.54) is 36.3 Å². The van der Waals surface area contributed by atoms with E-state index in [-0.39, 0.29) is 0 Å². The first-order valence-corrected chi connectivity index (χ1v) is 6.85. The molecule has 2 rings (SSSR count). The van der Waals surface area contributed by atoms with Gasteiger partial charge in [-0.3, -0.25) is 0 Å². The SMILES string of the molecule is CCSc1ccc(C2CCCCN2)cc1. The quantitative estimate of drug-likeness (QED) is 0.782. The molecule has 1 saturated heterocycles. The minimum atomic E-state index is 0.597. The summed E-state index contributed by atoms with van der Waals surface area (Å²) in [5.74, 6) is 1.15. The summed E-state index contributed by atoms with van der Waals surface area (Å²) in [6.07, 6.45) is 3.99. The molecule has 1 heterocycles. The molecule has 1 nitrogen and oxygen atoms in total. The minimum absolute atomic E-state index is 0.597. The van der Waals surface area contributed by atoms with Crippen molar-refractivity contribution in [3.05, 3.63) is 29.8 Å². The third-order valence-corrected chi connectivity index (χ3v) is 3.80. The second kappa shape index (κ2) is 5.57. The molecule has 1 aromatic rings. The molecule has 15 heavy (non-hydrogen) atoms. The van der Waals surface area contributed by atoms with Crippen LogP contribution in [-0.4, -0.2) is 12.3 Å². The largest absolute Gasteiger partial charge is 0.310 e. The Morgan fingerprint density at radius 3 is 2.67 bits per heavy atom. The molecule has 1 fully saturated rings. The summed E-state index contributed by atoms with van der Waals surface area (Å²) in [6, 6.07) is 9.65. The van der Waals surface area contributed by atoms with Gasteiger partial charge in [0, 0.05) is 10.9 Å². The monoisotopic (exact) mass is 221 g/mol. The molecule has 82 valence electrons. The molecule has 1 aliphatic rings. The highest BCUT2D eigenvalue weighted by Gasteiger charge is 2.13. The summed E-state index contributed by atoms with van der Waals surface area (Å²) in [5.41, 5.74) is 1.45. The van der Waals surface area contributed by atoms with E-state index in [9.17, 15) is 0 Å². The van der Waals surface area contributed by atoms with Crippen molar-refractivity contribution in [1.82, 2.24) is 5.32 Å². The average Bonchev–Trinajstić information content (AvgIpc) is 2.32. The summed E-state index contributed by atoms with van der Waals surface area (Å²) in [4.78, 5) is 1.39. The Balaban J connectivity index is 2.02. The molecule has 0 aliphatic carbocycles. The van der Waals surface area contributed by atoms with E-state index in [0.29, 0.717) is 6.04 Å². The Morgan fingerprint density at radius 1 is 1.27 bits per heavy atom. The van der Waals surface area contributed by atoms with Gasteiger partial charge in [0.1, 0.15) is 0 Å². The van der Waals surface area contributed by atoms with Crippen LogP contribution in [0.25, 0.3) is 0 Å². The maximum atomic E-state index is 3.58. The number of rotatable bonds is 3. The highest BCUT2D eigenvalue weighted by molar-refractivity contribution is 7.99. The van der Waals surface area contributed by atoms with Crippen molar-refractivity contribution >= 4 is 11.8 Å². The van der Waals surface area contributed by atoms with Crippen LogP contribution in [0.4, 0.5) is 0 Å². The number of thioether (sulfide) groups is 1. The van der Waals surface area contributed by atoms with Crippen LogP contribution in [-0.2, 0) is 0 Å². The van der Waals surface area contributed by atoms with E-state index in [1.807, 2.05) is 11.8 Å². The van der Waals surface area contributed by atoms with Gasteiger partial charge < -0.3 is 5.32 Å². The zero-order valence-corrected chi connectivity index (χ0v) is 10.1. The zero-order chi connectivity index (χ0) is 10.5. The van der Waals surface area contributed by atoms with Crippen molar-refractivity contribution in [3.8, 4) is 0 Å². The van der Waals surface area contributed by atoms with Crippen LogP contribution in [0.2, 0.25) is 0 Å². The number of hydrogen-bond acceptors (Lipinski definition) is 2. The number of nitrogens with one attached hydrogen (secondary N) is 1. The summed E-state index contributed by atoms with van der Waals surface area (Å²) in [5, 5.41) is 3.58. The van der Waals surface area contributed by atoms with Gasteiger partial charge in [-0.2, -0.15) is 0 Å². The summed E-state index contributed by atoms with van der Waals surface area (Å²) in [6.45, 7) is 3.37. The Hall–Kier alpha value is -0.470. The molecule has 0 bridgehead atoms. The van der Waals surface area contributed by atoms with E-state index < -0.39 is 0 Å². The highest BCUT2D eigenvalue weighted by atomic mass is 32.2. The van der Waals surface area contributed by atoms with Gasteiger partial charge in [0.25, 0.3) is 0 Å². The fourth-order valence-corrected chi connectivity index (χ4v) is 2.76. The number of hydrogen-bond donors (Lipinski definition) is 1. The molecular weight excluding hydrogens is 202 g/mol. The molecule has 1 unspecified atom stereocenters. The van der Waals surface area contributed by atoms with E-state index in [1.54, 1.807) is 0 Å². The lowest BCUT2D eigenvalue weighted by molar-refractivity contribution is 0.412. The highest BCUT2D eigenvalue weighted by Crippen LogP contribution is 2.25. The summed E-state index contributed by atoms with van der Waals surface area (Å²) >= 11 is 1.91. The average molecular weight is 221 g/mol. The van der Waals surface area contributed by atoms with Crippen LogP contribution in [0.3, 0.4) is 0 Å². The van der Waals surface area contributed by atoms with E-state index in [4.69, 9.17) is 0 Å². The van der Waals surface area contributed by atoms with Gasteiger partial charge in [0.2, 0.25) is 0 Å². The van der Waals surface area contributed by atoms with Crippen LogP contribution in [0.1, 0.15) is 37.8 Å². The normalized spacial score (nSPS) is 21.5. The maximum Gasteiger partial charge on any atom is 0.0320 e. The van der Waals surface area contributed by atoms with E-state index in [0.717, 1.165) is 5.75 Å². The number of benzene rings is 1. The molecule has 0 spiro atoms. The minimum Gasteiger partial charge on any atom is -0.310 e. The Labute approximate surface area is 96.7 Å². The Morgan fingerprint density at radius 2 is 2.07 bits per heavy atom. The van der Waals surface area contributed by atoms with Gasteiger partial charge >= 0.3 is 0 Å². The van der Waals surface area contributed by atoms with Gasteiger partial charge in [-0.1, -0.05) is 25.5 Å². The molecule has 0 radical (unpaired) electrons. The van der Waals surface area contributed by atoms with Crippen molar-refractivity contribution in [2.24, 2.45) is 0 Å². The van der Waals surface area contributed by atoms with E-state index >= 15 is 0 Å². The first-order chi connectivity index (χ1) is 7.40. The fourth-order valence-electron chi connectivity index (χ4n) is 2.10. The van der Waals surface area contributed by atoms with E-state index in [2.05, 4.69) is 36.5 Å². The van der Waals surface area contributed by atoms with Crippen LogP contribution >= 0.6 is 11.8 Å². The zero-order valence-electron chi connectivity index (χ0n) is 9.33. The van der Waals surface area contributed by atoms with Crippen LogP contribution in [0.15, 0.2) is 29.2 Å².